The molecule has 1 aromatic heterocycles. The van der Waals surface area contributed by atoms with Gasteiger partial charge < -0.3 is 14.4 Å². The minimum absolute atomic E-state index is 0.102. The number of aryl methyl sites for hydroxylation is 1. The standard InChI is InChI=1S/C26H30ClN3O4/c1-19-18-22(25(20(2)24(19)27)30-15-9-13-28-30)34-17-8-7-14-29(16-12-23(31)33-3)26(32)21-10-5-4-6-11-21/h4-6,9-11,13,15,18H,7-8,12,14,16-17H2,1-3H3. The first-order valence-electron chi connectivity index (χ1n) is 11.3. The molecule has 0 radical (unpaired) electrons. The van der Waals surface area contributed by atoms with Gasteiger partial charge in [0.05, 0.1) is 20.1 Å². The molecule has 0 fully saturated rings. The van der Waals surface area contributed by atoms with Gasteiger partial charge in [-0.3, -0.25) is 9.59 Å². The molecule has 7 nitrogen and oxygen atoms in total. The number of ether oxygens (including phenoxy) is 2. The van der Waals surface area contributed by atoms with Crippen LogP contribution in [0.4, 0.5) is 0 Å². The maximum absolute atomic E-state index is 12.9. The number of unbranched alkanes of at least 4 members (excludes halogenated alkanes) is 1. The fraction of sp³-hybridized carbons (Fsp3) is 0.346. The Kier molecular flexibility index (Phi) is 9.10. The lowest BCUT2D eigenvalue weighted by molar-refractivity contribution is -0.140. The van der Waals surface area contributed by atoms with Crippen molar-refractivity contribution in [1.82, 2.24) is 14.7 Å². The summed E-state index contributed by atoms with van der Waals surface area (Å²) < 4.78 is 12.6. The van der Waals surface area contributed by atoms with E-state index in [4.69, 9.17) is 21.1 Å². The molecule has 0 aliphatic carbocycles. The number of halogens is 1. The number of methoxy groups -OCH3 is 1. The molecule has 0 N–H and O–H groups in total. The second-order valence-electron chi connectivity index (χ2n) is 7.97. The Bertz CT molecular complexity index is 1100. The molecule has 1 amide bonds. The smallest absolute Gasteiger partial charge is 0.307 e. The molecule has 1 heterocycles. The third-order valence-corrected chi connectivity index (χ3v) is 6.13. The number of amides is 1. The summed E-state index contributed by atoms with van der Waals surface area (Å²) in [6.45, 7) is 5.19. The highest BCUT2D eigenvalue weighted by molar-refractivity contribution is 6.32. The normalized spacial score (nSPS) is 10.7. The van der Waals surface area contributed by atoms with Gasteiger partial charge >= 0.3 is 5.97 Å². The van der Waals surface area contributed by atoms with Crippen LogP contribution in [0.5, 0.6) is 5.75 Å². The van der Waals surface area contributed by atoms with Crippen molar-refractivity contribution in [2.24, 2.45) is 0 Å². The largest absolute Gasteiger partial charge is 0.491 e. The van der Waals surface area contributed by atoms with Gasteiger partial charge in [0.25, 0.3) is 5.91 Å². The molecule has 0 aliphatic heterocycles. The van der Waals surface area contributed by atoms with E-state index in [0.717, 1.165) is 29.7 Å². The molecule has 0 saturated carbocycles. The second kappa shape index (κ2) is 12.2. The average molecular weight is 484 g/mol. The number of hydrogen-bond acceptors (Lipinski definition) is 5. The van der Waals surface area contributed by atoms with Crippen LogP contribution in [0.3, 0.4) is 0 Å². The highest BCUT2D eigenvalue weighted by atomic mass is 35.5. The van der Waals surface area contributed by atoms with E-state index in [2.05, 4.69) is 5.10 Å². The minimum atomic E-state index is -0.339. The van der Waals surface area contributed by atoms with Gasteiger partial charge in [-0.05, 0) is 62.1 Å². The molecule has 0 atom stereocenters. The van der Waals surface area contributed by atoms with Crippen molar-refractivity contribution in [2.45, 2.75) is 33.1 Å². The SMILES string of the molecule is COC(=O)CCN(CCCCOc1cc(C)c(Cl)c(C)c1-n1cccn1)C(=O)c1ccccc1. The highest BCUT2D eigenvalue weighted by Crippen LogP contribution is 2.34. The van der Waals surface area contributed by atoms with Crippen LogP contribution in [0.25, 0.3) is 5.69 Å². The fourth-order valence-corrected chi connectivity index (χ4v) is 3.85. The van der Waals surface area contributed by atoms with E-state index in [1.54, 1.807) is 27.9 Å². The lowest BCUT2D eigenvalue weighted by Crippen LogP contribution is -2.34. The summed E-state index contributed by atoms with van der Waals surface area (Å²) in [4.78, 5) is 26.2. The maximum Gasteiger partial charge on any atom is 0.307 e. The molecule has 2 aromatic carbocycles. The van der Waals surface area contributed by atoms with Crippen molar-refractivity contribution in [1.29, 1.82) is 0 Å². The van der Waals surface area contributed by atoms with Gasteiger partial charge in [-0.15, -0.1) is 0 Å². The Labute approximate surface area is 205 Å². The molecule has 8 heteroatoms. The summed E-state index contributed by atoms with van der Waals surface area (Å²) in [5, 5.41) is 5.03. The predicted octanol–water partition coefficient (Wildman–Crippen LogP) is 5.01. The molecule has 0 bridgehead atoms. The molecule has 3 aromatic rings. The summed E-state index contributed by atoms with van der Waals surface area (Å²) in [6, 6.07) is 12.8. The summed E-state index contributed by atoms with van der Waals surface area (Å²) in [5.41, 5.74) is 3.26. The van der Waals surface area contributed by atoms with Crippen molar-refractivity contribution in [3.63, 3.8) is 0 Å². The zero-order valence-corrected chi connectivity index (χ0v) is 20.5. The van der Waals surface area contributed by atoms with Crippen LogP contribution < -0.4 is 4.74 Å². The molecular formula is C26H30ClN3O4. The maximum atomic E-state index is 12.9. The van der Waals surface area contributed by atoms with Crippen molar-refractivity contribution in [2.75, 3.05) is 26.8 Å². The number of hydrogen-bond donors (Lipinski definition) is 0. The Hall–Kier alpha value is -3.32. The molecule has 0 unspecified atom stereocenters. The van der Waals surface area contributed by atoms with E-state index >= 15 is 0 Å². The first-order valence-corrected chi connectivity index (χ1v) is 11.6. The van der Waals surface area contributed by atoms with Crippen LogP contribution in [-0.4, -0.2) is 53.4 Å². The van der Waals surface area contributed by atoms with Gasteiger partial charge in [-0.25, -0.2) is 4.68 Å². The molecule has 34 heavy (non-hydrogen) atoms. The van der Waals surface area contributed by atoms with Crippen LogP contribution >= 0.6 is 11.6 Å². The quantitative estimate of drug-likeness (QED) is 0.283. The van der Waals surface area contributed by atoms with E-state index in [9.17, 15) is 9.59 Å². The lowest BCUT2D eigenvalue weighted by atomic mass is 10.1. The lowest BCUT2D eigenvalue weighted by Gasteiger charge is -2.22. The van der Waals surface area contributed by atoms with Gasteiger partial charge in [0.2, 0.25) is 0 Å². The topological polar surface area (TPSA) is 73.7 Å². The number of carbonyl (C=O) groups excluding carboxylic acids is 2. The van der Waals surface area contributed by atoms with Crippen molar-refractivity contribution in [3.05, 3.63) is 76.6 Å². The van der Waals surface area contributed by atoms with Crippen molar-refractivity contribution in [3.8, 4) is 11.4 Å². The second-order valence-corrected chi connectivity index (χ2v) is 8.35. The van der Waals surface area contributed by atoms with Crippen molar-refractivity contribution < 1.29 is 19.1 Å². The number of esters is 1. The van der Waals surface area contributed by atoms with Crippen molar-refractivity contribution >= 4 is 23.5 Å². The number of nitrogens with zero attached hydrogens (tertiary/aromatic N) is 3. The fourth-order valence-electron chi connectivity index (χ4n) is 3.70. The molecular weight excluding hydrogens is 454 g/mol. The van der Waals surface area contributed by atoms with Gasteiger partial charge in [-0.1, -0.05) is 29.8 Å². The molecule has 0 saturated heterocycles. The summed E-state index contributed by atoms with van der Waals surface area (Å²) in [7, 11) is 1.35. The van der Waals surface area contributed by atoms with E-state index in [-0.39, 0.29) is 18.3 Å². The average Bonchev–Trinajstić information content (AvgIpc) is 3.38. The van der Waals surface area contributed by atoms with Crippen LogP contribution in [-0.2, 0) is 9.53 Å². The molecule has 3 rings (SSSR count). The van der Waals surface area contributed by atoms with Gasteiger partial charge in [0.1, 0.15) is 11.4 Å². The Balaban J connectivity index is 1.61. The predicted molar refractivity (Wildman–Crippen MR) is 132 cm³/mol. The van der Waals surface area contributed by atoms with Gasteiger partial charge in [0, 0.05) is 36.1 Å². The van der Waals surface area contributed by atoms with E-state index in [0.29, 0.717) is 36.0 Å². The third-order valence-electron chi connectivity index (χ3n) is 5.55. The number of carbonyl (C=O) groups is 2. The molecule has 0 spiro atoms. The van der Waals surface area contributed by atoms with E-state index in [1.165, 1.54) is 7.11 Å². The Morgan fingerprint density at radius 3 is 2.53 bits per heavy atom. The summed E-state index contributed by atoms with van der Waals surface area (Å²) in [5.74, 6) is 0.273. The monoisotopic (exact) mass is 483 g/mol. The third kappa shape index (κ3) is 6.38. The summed E-state index contributed by atoms with van der Waals surface area (Å²) >= 11 is 6.47. The van der Waals surface area contributed by atoms with E-state index < -0.39 is 0 Å². The minimum Gasteiger partial charge on any atom is -0.491 e. The first-order chi connectivity index (χ1) is 16.4. The van der Waals surface area contributed by atoms with E-state index in [1.807, 2.05) is 50.4 Å². The Morgan fingerprint density at radius 1 is 1.09 bits per heavy atom. The number of rotatable bonds is 11. The number of aromatic nitrogens is 2. The number of benzene rings is 2. The van der Waals surface area contributed by atoms with Crippen LogP contribution in [0, 0.1) is 13.8 Å². The Morgan fingerprint density at radius 2 is 1.85 bits per heavy atom. The zero-order valence-electron chi connectivity index (χ0n) is 19.8. The zero-order chi connectivity index (χ0) is 24.5. The summed E-state index contributed by atoms with van der Waals surface area (Å²) in [6.07, 6.45) is 5.18. The van der Waals surface area contributed by atoms with Crippen LogP contribution in [0.2, 0.25) is 5.02 Å². The van der Waals surface area contributed by atoms with Gasteiger partial charge in [-0.2, -0.15) is 5.10 Å². The molecule has 180 valence electrons. The molecule has 0 aliphatic rings. The highest BCUT2D eigenvalue weighted by Gasteiger charge is 2.18. The van der Waals surface area contributed by atoms with Gasteiger partial charge in [0.15, 0.2) is 0 Å². The van der Waals surface area contributed by atoms with Crippen LogP contribution in [0.15, 0.2) is 54.9 Å². The first kappa shape index (κ1) is 25.3. The van der Waals surface area contributed by atoms with Crippen LogP contribution in [0.1, 0.15) is 40.7 Å².